The number of ether oxygens (including phenoxy) is 1. The summed E-state index contributed by atoms with van der Waals surface area (Å²) in [6.07, 6.45) is 1.67. The van der Waals surface area contributed by atoms with Crippen LogP contribution in [0.5, 0.6) is 5.75 Å². The first-order valence-corrected chi connectivity index (χ1v) is 11.9. The minimum absolute atomic E-state index is 0.126. The van der Waals surface area contributed by atoms with E-state index in [-0.39, 0.29) is 16.7 Å². The third-order valence-corrected chi connectivity index (χ3v) is 7.69. The van der Waals surface area contributed by atoms with Crippen LogP contribution in [0.15, 0.2) is 53.4 Å². The number of hydrogen-bond donors (Lipinski definition) is 1. The monoisotopic (exact) mass is 428 g/mol. The molecule has 6 nitrogen and oxygen atoms in total. The lowest BCUT2D eigenvalue weighted by Gasteiger charge is -2.34. The van der Waals surface area contributed by atoms with E-state index in [1.807, 2.05) is 24.3 Å². The first kappa shape index (κ1) is 20.9. The van der Waals surface area contributed by atoms with Crippen LogP contribution in [0, 0.1) is 17.8 Å². The zero-order valence-electron chi connectivity index (χ0n) is 17.4. The highest BCUT2D eigenvalue weighted by Gasteiger charge is 2.32. The van der Waals surface area contributed by atoms with Crippen molar-refractivity contribution in [1.82, 2.24) is 4.31 Å². The van der Waals surface area contributed by atoms with Crippen molar-refractivity contribution in [1.29, 1.82) is 0 Å². The fourth-order valence-electron chi connectivity index (χ4n) is 4.40. The van der Waals surface area contributed by atoms with Crippen molar-refractivity contribution in [3.05, 3.63) is 54.1 Å². The predicted octanol–water partition coefficient (Wildman–Crippen LogP) is 3.54. The van der Waals surface area contributed by atoms with Crippen molar-refractivity contribution < 1.29 is 17.9 Å². The largest absolute Gasteiger partial charge is 0.492 e. The first-order valence-electron chi connectivity index (χ1n) is 10.4. The van der Waals surface area contributed by atoms with Crippen LogP contribution >= 0.6 is 0 Å². The Labute approximate surface area is 178 Å². The van der Waals surface area contributed by atoms with Crippen molar-refractivity contribution in [3.63, 3.8) is 0 Å². The topological polar surface area (TPSA) is 75.7 Å². The van der Waals surface area contributed by atoms with Crippen LogP contribution in [0.2, 0.25) is 0 Å². The molecule has 30 heavy (non-hydrogen) atoms. The van der Waals surface area contributed by atoms with Gasteiger partial charge in [-0.05, 0) is 60.6 Å². The maximum absolute atomic E-state index is 13.0. The minimum atomic E-state index is -3.53. The van der Waals surface area contributed by atoms with Gasteiger partial charge in [-0.15, -0.1) is 0 Å². The van der Waals surface area contributed by atoms with E-state index < -0.39 is 10.0 Å². The molecule has 2 heterocycles. The molecule has 0 bridgehead atoms. The molecule has 2 aliphatic rings. The zero-order valence-corrected chi connectivity index (χ0v) is 18.2. The third kappa shape index (κ3) is 4.37. The van der Waals surface area contributed by atoms with Gasteiger partial charge < -0.3 is 10.1 Å². The number of carbonyl (C=O) groups is 1. The summed E-state index contributed by atoms with van der Waals surface area (Å²) in [6, 6.07) is 14.2. The molecule has 1 fully saturated rings. The molecule has 1 amide bonds. The quantitative estimate of drug-likeness (QED) is 0.808. The van der Waals surface area contributed by atoms with Crippen LogP contribution in [0.25, 0.3) is 0 Å². The van der Waals surface area contributed by atoms with E-state index in [4.69, 9.17) is 4.74 Å². The van der Waals surface area contributed by atoms with Gasteiger partial charge in [-0.1, -0.05) is 32.0 Å². The number of rotatable bonds is 4. The molecule has 1 saturated heterocycles. The Kier molecular flexibility index (Phi) is 5.84. The van der Waals surface area contributed by atoms with Crippen molar-refractivity contribution in [2.45, 2.75) is 31.6 Å². The number of fused-ring (bicyclic) bond motifs is 1. The summed E-state index contributed by atoms with van der Waals surface area (Å²) in [5.74, 6) is 1.13. The van der Waals surface area contributed by atoms with Crippen LogP contribution in [0.3, 0.4) is 0 Å². The summed E-state index contributed by atoms with van der Waals surface area (Å²) in [4.78, 5) is 12.9. The summed E-state index contributed by atoms with van der Waals surface area (Å²) in [6.45, 7) is 5.61. The normalized spacial score (nSPS) is 24.5. The molecule has 2 aromatic carbocycles. The molecule has 7 heteroatoms. The Morgan fingerprint density at radius 1 is 1.03 bits per heavy atom. The van der Waals surface area contributed by atoms with Crippen molar-refractivity contribution in [2.24, 2.45) is 17.8 Å². The average Bonchev–Trinajstić information content (AvgIpc) is 2.73. The summed E-state index contributed by atoms with van der Waals surface area (Å²) in [5, 5.41) is 2.89. The molecule has 0 unspecified atom stereocenters. The Morgan fingerprint density at radius 3 is 2.40 bits per heavy atom. The molecule has 160 valence electrons. The maximum atomic E-state index is 13.0. The fraction of sp³-hybridized carbons (Fsp3) is 0.435. The number of piperidine rings is 1. The van der Waals surface area contributed by atoms with Crippen LogP contribution in [0.1, 0.15) is 25.8 Å². The van der Waals surface area contributed by atoms with Gasteiger partial charge in [0.1, 0.15) is 12.4 Å². The van der Waals surface area contributed by atoms with E-state index in [0.717, 1.165) is 17.7 Å². The number of sulfonamides is 1. The fourth-order valence-corrected chi connectivity index (χ4v) is 6.08. The van der Waals surface area contributed by atoms with Crippen molar-refractivity contribution >= 4 is 21.6 Å². The number of hydrogen-bond acceptors (Lipinski definition) is 4. The second kappa shape index (κ2) is 8.40. The van der Waals surface area contributed by atoms with E-state index in [1.165, 1.54) is 0 Å². The molecular weight excluding hydrogens is 400 g/mol. The van der Waals surface area contributed by atoms with Gasteiger partial charge in [-0.3, -0.25) is 4.79 Å². The third-order valence-electron chi connectivity index (χ3n) is 5.84. The number of amides is 1. The molecule has 2 aromatic rings. The Hall–Kier alpha value is -2.38. The lowest BCUT2D eigenvalue weighted by Crippen LogP contribution is -2.42. The highest BCUT2D eigenvalue weighted by atomic mass is 32.2. The number of carbonyl (C=O) groups excluding carboxylic acids is 1. The second-order valence-corrected chi connectivity index (χ2v) is 10.5. The van der Waals surface area contributed by atoms with Crippen molar-refractivity contribution in [3.8, 4) is 5.75 Å². The maximum Gasteiger partial charge on any atom is 0.243 e. The number of nitrogens with one attached hydrogen (secondary N) is 1. The van der Waals surface area contributed by atoms with Gasteiger partial charge in [-0.25, -0.2) is 8.42 Å². The van der Waals surface area contributed by atoms with Gasteiger partial charge in [0, 0.05) is 18.8 Å². The van der Waals surface area contributed by atoms with Crippen LogP contribution in [-0.4, -0.2) is 38.3 Å². The van der Waals surface area contributed by atoms with E-state index in [0.29, 0.717) is 43.6 Å². The van der Waals surface area contributed by atoms with Gasteiger partial charge in [0.05, 0.1) is 10.8 Å². The molecule has 0 saturated carbocycles. The molecule has 1 N–H and O–H groups in total. The summed E-state index contributed by atoms with van der Waals surface area (Å²) < 4.78 is 33.3. The van der Waals surface area contributed by atoms with Crippen LogP contribution < -0.4 is 10.1 Å². The molecule has 0 radical (unpaired) electrons. The van der Waals surface area contributed by atoms with Gasteiger partial charge in [0.2, 0.25) is 15.9 Å². The van der Waals surface area contributed by atoms with Crippen molar-refractivity contribution in [2.75, 3.05) is 25.0 Å². The zero-order chi connectivity index (χ0) is 21.3. The average molecular weight is 429 g/mol. The molecular formula is C23H28N2O4S. The number of para-hydroxylation sites is 1. The number of anilines is 1. The molecule has 0 aromatic heterocycles. The van der Waals surface area contributed by atoms with Crippen LogP contribution in [-0.2, 0) is 21.2 Å². The summed E-state index contributed by atoms with van der Waals surface area (Å²) in [7, 11) is -3.53. The molecule has 0 spiro atoms. The Morgan fingerprint density at radius 2 is 1.70 bits per heavy atom. The summed E-state index contributed by atoms with van der Waals surface area (Å²) in [5.41, 5.74) is 1.61. The van der Waals surface area contributed by atoms with E-state index >= 15 is 0 Å². The smallest absolute Gasteiger partial charge is 0.243 e. The highest BCUT2D eigenvalue weighted by Crippen LogP contribution is 2.29. The summed E-state index contributed by atoms with van der Waals surface area (Å²) >= 11 is 0. The molecule has 2 aliphatic heterocycles. The minimum Gasteiger partial charge on any atom is -0.492 e. The molecule has 3 atom stereocenters. The first-order chi connectivity index (χ1) is 14.3. The number of benzene rings is 2. The van der Waals surface area contributed by atoms with Crippen LogP contribution in [0.4, 0.5) is 5.69 Å². The van der Waals surface area contributed by atoms with Gasteiger partial charge in [0.25, 0.3) is 0 Å². The Bertz CT molecular complexity index is 1010. The SMILES string of the molecule is C[C@@H]1C[C@@H](C)CN(S(=O)(=O)c2ccc(NC(=O)[C@H]3COc4ccccc4C3)cc2)C1. The highest BCUT2D eigenvalue weighted by molar-refractivity contribution is 7.89. The van der Waals surface area contributed by atoms with Gasteiger partial charge in [0.15, 0.2) is 0 Å². The van der Waals surface area contributed by atoms with Gasteiger partial charge in [-0.2, -0.15) is 4.31 Å². The lowest BCUT2D eigenvalue weighted by atomic mass is 9.94. The Balaban J connectivity index is 1.42. The standard InChI is InChI=1S/C23H28N2O4S/c1-16-11-17(2)14-25(13-16)30(27,28)21-9-7-20(8-10-21)24-23(26)19-12-18-5-3-4-6-22(18)29-15-19/h3-10,16-17,19H,11-15H2,1-2H3,(H,24,26)/t16-,17-,19-/m1/s1. The van der Waals surface area contributed by atoms with E-state index in [1.54, 1.807) is 28.6 Å². The predicted molar refractivity (Wildman–Crippen MR) is 116 cm³/mol. The molecule has 0 aliphatic carbocycles. The number of nitrogens with zero attached hydrogens (tertiary/aromatic N) is 1. The van der Waals surface area contributed by atoms with E-state index in [9.17, 15) is 13.2 Å². The lowest BCUT2D eigenvalue weighted by molar-refractivity contribution is -0.121. The van der Waals surface area contributed by atoms with Gasteiger partial charge >= 0.3 is 0 Å². The second-order valence-electron chi connectivity index (χ2n) is 8.60. The molecule has 4 rings (SSSR count). The van der Waals surface area contributed by atoms with E-state index in [2.05, 4.69) is 19.2 Å².